The Bertz CT molecular complexity index is 757. The number of halogens is 3. The van der Waals surface area contributed by atoms with E-state index >= 15 is 0 Å². The standard InChI is InChI=1S/C15H12Cl2FN5/c16-12-4-1-10(2-5-12)8-20-22-15(19)23-21-9-11-3-6-13(17)7-14(11)18/h1-9H,(H3,19,22,23). The molecule has 0 fully saturated rings. The van der Waals surface area contributed by atoms with Crippen LogP contribution in [0.1, 0.15) is 11.1 Å². The molecular weight excluding hydrogens is 340 g/mol. The predicted molar refractivity (Wildman–Crippen MR) is 92.8 cm³/mol. The number of benzene rings is 2. The molecule has 2 aromatic carbocycles. The van der Waals surface area contributed by atoms with Crippen LogP contribution in [-0.4, -0.2) is 18.4 Å². The van der Waals surface area contributed by atoms with Gasteiger partial charge in [0.1, 0.15) is 5.82 Å². The third kappa shape index (κ3) is 5.69. The van der Waals surface area contributed by atoms with Gasteiger partial charge in [0.05, 0.1) is 12.4 Å². The van der Waals surface area contributed by atoms with E-state index in [2.05, 4.69) is 20.7 Å². The maximum atomic E-state index is 13.5. The summed E-state index contributed by atoms with van der Waals surface area (Å²) < 4.78 is 13.5. The van der Waals surface area contributed by atoms with Crippen LogP contribution in [0.3, 0.4) is 0 Å². The maximum Gasteiger partial charge on any atom is 0.234 e. The predicted octanol–water partition coefficient (Wildman–Crippen LogP) is 3.40. The van der Waals surface area contributed by atoms with Crippen molar-refractivity contribution < 1.29 is 4.39 Å². The molecule has 0 atom stereocenters. The van der Waals surface area contributed by atoms with Gasteiger partial charge in [0.25, 0.3) is 0 Å². The summed E-state index contributed by atoms with van der Waals surface area (Å²) in [6.07, 6.45) is 2.77. The largest absolute Gasteiger partial charge is 0.367 e. The van der Waals surface area contributed by atoms with Gasteiger partial charge >= 0.3 is 0 Å². The van der Waals surface area contributed by atoms with Crippen molar-refractivity contribution in [1.29, 1.82) is 0 Å². The molecule has 2 rings (SSSR count). The molecule has 0 aliphatic rings. The summed E-state index contributed by atoms with van der Waals surface area (Å²) in [5.74, 6) is -0.537. The second-order valence-electron chi connectivity index (χ2n) is 4.32. The van der Waals surface area contributed by atoms with Crippen molar-refractivity contribution in [3.8, 4) is 0 Å². The van der Waals surface area contributed by atoms with E-state index in [4.69, 9.17) is 28.9 Å². The summed E-state index contributed by atoms with van der Waals surface area (Å²) >= 11 is 11.4. The van der Waals surface area contributed by atoms with E-state index in [1.165, 1.54) is 18.3 Å². The molecule has 0 bridgehead atoms. The second kappa shape index (κ2) is 8.26. The van der Waals surface area contributed by atoms with Crippen LogP contribution >= 0.6 is 23.2 Å². The molecule has 0 aliphatic carbocycles. The Hall–Kier alpha value is -2.44. The topological polar surface area (TPSA) is 75.1 Å². The van der Waals surface area contributed by atoms with Crippen LogP contribution < -0.4 is 11.2 Å². The van der Waals surface area contributed by atoms with Crippen molar-refractivity contribution in [2.45, 2.75) is 0 Å². The quantitative estimate of drug-likeness (QED) is 0.503. The van der Waals surface area contributed by atoms with Gasteiger partial charge in [0, 0.05) is 15.6 Å². The summed E-state index contributed by atoms with van der Waals surface area (Å²) in [6, 6.07) is 11.3. The average Bonchev–Trinajstić information content (AvgIpc) is 2.51. The molecule has 23 heavy (non-hydrogen) atoms. The van der Waals surface area contributed by atoms with Gasteiger partial charge in [0.15, 0.2) is 0 Å². The summed E-state index contributed by atoms with van der Waals surface area (Å²) in [4.78, 5) is 0. The van der Waals surface area contributed by atoms with Crippen molar-refractivity contribution >= 4 is 41.6 Å². The fourth-order valence-corrected chi connectivity index (χ4v) is 1.79. The van der Waals surface area contributed by atoms with E-state index in [1.807, 2.05) is 0 Å². The van der Waals surface area contributed by atoms with Gasteiger partial charge in [-0.1, -0.05) is 35.3 Å². The molecule has 3 N–H and O–H groups in total. The number of rotatable bonds is 4. The Kier molecular flexibility index (Phi) is 6.08. The van der Waals surface area contributed by atoms with Crippen LogP contribution in [0.15, 0.2) is 57.8 Å². The molecule has 118 valence electrons. The van der Waals surface area contributed by atoms with Crippen LogP contribution in [-0.2, 0) is 0 Å². The number of nitrogens with zero attached hydrogens (tertiary/aromatic N) is 3. The lowest BCUT2D eigenvalue weighted by Gasteiger charge is -1.97. The van der Waals surface area contributed by atoms with Crippen molar-refractivity contribution in [3.05, 3.63) is 69.5 Å². The summed E-state index contributed by atoms with van der Waals surface area (Å²) in [5, 5.41) is 12.1. The van der Waals surface area contributed by atoms with Crippen molar-refractivity contribution in [2.24, 2.45) is 21.0 Å². The zero-order valence-electron chi connectivity index (χ0n) is 11.7. The first-order valence-electron chi connectivity index (χ1n) is 6.41. The highest BCUT2D eigenvalue weighted by molar-refractivity contribution is 6.30. The Labute approximate surface area is 142 Å². The minimum Gasteiger partial charge on any atom is -0.367 e. The van der Waals surface area contributed by atoms with Gasteiger partial charge in [-0.2, -0.15) is 10.2 Å². The molecule has 0 spiro atoms. The maximum absolute atomic E-state index is 13.5. The third-order valence-corrected chi connectivity index (χ3v) is 3.07. The van der Waals surface area contributed by atoms with Gasteiger partial charge < -0.3 is 5.73 Å². The number of hydrogen-bond acceptors (Lipinski definition) is 3. The van der Waals surface area contributed by atoms with Gasteiger partial charge in [-0.3, -0.25) is 0 Å². The van der Waals surface area contributed by atoms with E-state index < -0.39 is 5.82 Å². The lowest BCUT2D eigenvalue weighted by Crippen LogP contribution is -2.26. The molecule has 0 aliphatic heterocycles. The Morgan fingerprint density at radius 3 is 2.43 bits per heavy atom. The van der Waals surface area contributed by atoms with E-state index in [0.29, 0.717) is 10.0 Å². The van der Waals surface area contributed by atoms with Crippen LogP contribution in [0.5, 0.6) is 0 Å². The van der Waals surface area contributed by atoms with E-state index in [0.717, 1.165) is 5.56 Å². The van der Waals surface area contributed by atoms with Crippen LogP contribution in [0.4, 0.5) is 4.39 Å². The second-order valence-corrected chi connectivity index (χ2v) is 5.19. The molecule has 8 heteroatoms. The molecule has 0 saturated heterocycles. The number of hydrazone groups is 1. The third-order valence-electron chi connectivity index (χ3n) is 2.59. The molecule has 0 saturated carbocycles. The number of nitrogens with two attached hydrogens (primary N) is 1. The molecular formula is C15H12Cl2FN5. The molecule has 0 aromatic heterocycles. The van der Waals surface area contributed by atoms with Crippen molar-refractivity contribution in [3.63, 3.8) is 0 Å². The fraction of sp³-hybridized carbons (Fsp3) is 0. The molecule has 0 unspecified atom stereocenters. The monoisotopic (exact) mass is 351 g/mol. The fourth-order valence-electron chi connectivity index (χ4n) is 1.50. The molecule has 0 radical (unpaired) electrons. The average molecular weight is 352 g/mol. The highest BCUT2D eigenvalue weighted by Gasteiger charge is 1.99. The zero-order valence-corrected chi connectivity index (χ0v) is 13.3. The first-order chi connectivity index (χ1) is 11.0. The lowest BCUT2D eigenvalue weighted by atomic mass is 10.2. The van der Waals surface area contributed by atoms with Crippen LogP contribution in [0.25, 0.3) is 0 Å². The summed E-state index contributed by atoms with van der Waals surface area (Å²) in [5.41, 5.74) is 9.14. The normalized spacial score (nSPS) is 12.2. The first kappa shape index (κ1) is 16.9. The molecule has 2 aromatic rings. The smallest absolute Gasteiger partial charge is 0.234 e. The minimum atomic E-state index is -0.497. The molecule has 0 amide bonds. The SMILES string of the molecule is N/C(=N\N=Cc1ccc(Cl)cc1F)NN=Cc1ccc(Cl)cc1. The van der Waals surface area contributed by atoms with Gasteiger partial charge in [-0.25, -0.2) is 9.82 Å². The van der Waals surface area contributed by atoms with Crippen molar-refractivity contribution in [2.75, 3.05) is 0 Å². The van der Waals surface area contributed by atoms with Gasteiger partial charge in [-0.15, -0.1) is 5.10 Å². The number of nitrogens with one attached hydrogen (secondary N) is 1. The highest BCUT2D eigenvalue weighted by Crippen LogP contribution is 2.13. The Morgan fingerprint density at radius 1 is 1.04 bits per heavy atom. The molecule has 5 nitrogen and oxygen atoms in total. The van der Waals surface area contributed by atoms with Crippen LogP contribution in [0, 0.1) is 5.82 Å². The van der Waals surface area contributed by atoms with Gasteiger partial charge in [0.2, 0.25) is 5.96 Å². The molecule has 0 heterocycles. The summed E-state index contributed by atoms with van der Waals surface area (Å²) in [6.45, 7) is 0. The van der Waals surface area contributed by atoms with E-state index in [9.17, 15) is 4.39 Å². The highest BCUT2D eigenvalue weighted by atomic mass is 35.5. The Balaban J connectivity index is 1.92. The Morgan fingerprint density at radius 2 is 1.74 bits per heavy atom. The minimum absolute atomic E-state index is 0.0409. The van der Waals surface area contributed by atoms with Crippen LogP contribution in [0.2, 0.25) is 10.0 Å². The van der Waals surface area contributed by atoms with E-state index in [1.54, 1.807) is 36.5 Å². The zero-order chi connectivity index (χ0) is 16.7. The van der Waals surface area contributed by atoms with Crippen molar-refractivity contribution in [1.82, 2.24) is 5.43 Å². The summed E-state index contributed by atoms with van der Waals surface area (Å²) in [7, 11) is 0. The first-order valence-corrected chi connectivity index (χ1v) is 7.16. The lowest BCUT2D eigenvalue weighted by molar-refractivity contribution is 0.626. The van der Waals surface area contributed by atoms with Gasteiger partial charge in [-0.05, 0) is 35.9 Å². The number of guanidine groups is 1. The number of hydrogen-bond donors (Lipinski definition) is 2. The van der Waals surface area contributed by atoms with E-state index in [-0.39, 0.29) is 11.5 Å².